The van der Waals surface area contributed by atoms with Crippen molar-refractivity contribution in [3.05, 3.63) is 41.0 Å². The van der Waals surface area contributed by atoms with Crippen molar-refractivity contribution in [1.29, 1.82) is 5.26 Å². The summed E-state index contributed by atoms with van der Waals surface area (Å²) in [5, 5.41) is 11.8. The molecule has 1 fully saturated rings. The van der Waals surface area contributed by atoms with Gasteiger partial charge in [-0.05, 0) is 54.5 Å². The second kappa shape index (κ2) is 7.13. The predicted molar refractivity (Wildman–Crippen MR) is 107 cm³/mol. The molecular weight excluding hydrogens is 342 g/mol. The molecular formula is C21H23N3OS. The summed E-state index contributed by atoms with van der Waals surface area (Å²) in [6.07, 6.45) is 4.18. The molecule has 0 N–H and O–H groups in total. The van der Waals surface area contributed by atoms with Crippen LogP contribution in [0.25, 0.3) is 0 Å². The van der Waals surface area contributed by atoms with E-state index in [1.807, 2.05) is 30.5 Å². The highest BCUT2D eigenvalue weighted by molar-refractivity contribution is 7.20. The smallest absolute Gasteiger partial charge is 0.136 e. The van der Waals surface area contributed by atoms with Crippen LogP contribution in [-0.4, -0.2) is 25.9 Å². The van der Waals surface area contributed by atoms with Gasteiger partial charge in [-0.1, -0.05) is 25.2 Å². The van der Waals surface area contributed by atoms with Gasteiger partial charge in [0.15, 0.2) is 0 Å². The van der Waals surface area contributed by atoms with E-state index in [-0.39, 0.29) is 0 Å². The number of piperidine rings is 1. The van der Waals surface area contributed by atoms with Crippen LogP contribution in [0.2, 0.25) is 0 Å². The molecule has 0 saturated carbocycles. The van der Waals surface area contributed by atoms with Crippen LogP contribution in [0, 0.1) is 17.2 Å². The Morgan fingerprint density at radius 3 is 2.69 bits per heavy atom. The summed E-state index contributed by atoms with van der Waals surface area (Å²) in [6, 6.07) is 10.4. The van der Waals surface area contributed by atoms with Crippen molar-refractivity contribution in [2.24, 2.45) is 10.9 Å². The lowest BCUT2D eigenvalue weighted by Gasteiger charge is -2.39. The van der Waals surface area contributed by atoms with Crippen molar-refractivity contribution in [2.75, 3.05) is 24.6 Å². The molecule has 3 aliphatic heterocycles. The number of nitriles is 1. The minimum Gasteiger partial charge on any atom is -0.493 e. The molecule has 134 valence electrons. The lowest BCUT2D eigenvalue weighted by molar-refractivity contribution is 0.271. The number of hydrogen-bond donors (Lipinski definition) is 0. The molecule has 1 saturated heterocycles. The van der Waals surface area contributed by atoms with Crippen molar-refractivity contribution >= 4 is 27.6 Å². The number of benzene rings is 1. The number of nitrogens with zero attached hydrogens (tertiary/aromatic N) is 3. The van der Waals surface area contributed by atoms with Gasteiger partial charge in [-0.2, -0.15) is 5.26 Å². The third-order valence-electron chi connectivity index (χ3n) is 5.00. The summed E-state index contributed by atoms with van der Waals surface area (Å²) in [5.74, 6) is 1.93. The van der Waals surface area contributed by atoms with Gasteiger partial charge in [0.2, 0.25) is 0 Å². The molecule has 3 aliphatic rings. The Hall–Kier alpha value is -2.32. The minimum atomic E-state index is 0.511. The highest BCUT2D eigenvalue weighted by Gasteiger charge is 2.36. The average molecular weight is 366 g/mol. The fourth-order valence-corrected chi connectivity index (χ4v) is 4.89. The number of thiophene rings is 1. The average Bonchev–Trinajstić information content (AvgIpc) is 3.07. The maximum absolute atomic E-state index is 9.68. The van der Waals surface area contributed by atoms with E-state index in [2.05, 4.69) is 29.8 Å². The fourth-order valence-electron chi connectivity index (χ4n) is 3.65. The third-order valence-corrected chi connectivity index (χ3v) is 6.18. The summed E-state index contributed by atoms with van der Waals surface area (Å²) in [6.45, 7) is 7.22. The first-order valence-corrected chi connectivity index (χ1v) is 10.1. The number of anilines is 1. The standard InChI is InChI=1S/C21H23N3OS/c1-14(2)13-25-17-5-3-15(4-6-17)12-23-20-18(11-22)19-16-7-9-24(10-8-16)21(19)26-20/h3-6,12,14,16H,7-10,13H2,1-2H3. The van der Waals surface area contributed by atoms with Crippen LogP contribution in [-0.2, 0) is 0 Å². The van der Waals surface area contributed by atoms with Gasteiger partial charge in [0, 0.05) is 24.9 Å². The first-order chi connectivity index (χ1) is 12.7. The van der Waals surface area contributed by atoms with Crippen LogP contribution in [0.4, 0.5) is 10.0 Å². The molecule has 0 aliphatic carbocycles. The molecule has 2 bridgehead atoms. The molecule has 1 aromatic heterocycles. The number of aliphatic imine (C=N–C) groups is 1. The van der Waals surface area contributed by atoms with E-state index < -0.39 is 0 Å². The van der Waals surface area contributed by atoms with Gasteiger partial charge in [-0.25, -0.2) is 4.99 Å². The monoisotopic (exact) mass is 365 g/mol. The van der Waals surface area contributed by atoms with Gasteiger partial charge in [0.25, 0.3) is 0 Å². The van der Waals surface area contributed by atoms with Crippen molar-refractivity contribution in [1.82, 2.24) is 0 Å². The maximum atomic E-state index is 9.68. The van der Waals surface area contributed by atoms with Crippen molar-refractivity contribution in [3.8, 4) is 11.8 Å². The Balaban J connectivity index is 1.54. The van der Waals surface area contributed by atoms with Gasteiger partial charge >= 0.3 is 0 Å². The number of hydrogen-bond acceptors (Lipinski definition) is 5. The van der Waals surface area contributed by atoms with E-state index in [1.165, 1.54) is 23.4 Å². The van der Waals surface area contributed by atoms with E-state index in [9.17, 15) is 5.26 Å². The van der Waals surface area contributed by atoms with Crippen LogP contribution in [0.5, 0.6) is 5.75 Å². The summed E-state index contributed by atoms with van der Waals surface area (Å²) in [4.78, 5) is 7.07. The highest BCUT2D eigenvalue weighted by Crippen LogP contribution is 2.52. The zero-order valence-electron chi connectivity index (χ0n) is 15.2. The van der Waals surface area contributed by atoms with E-state index in [4.69, 9.17) is 4.74 Å². The highest BCUT2D eigenvalue weighted by atomic mass is 32.1. The Bertz CT molecular complexity index is 853. The van der Waals surface area contributed by atoms with E-state index in [1.54, 1.807) is 11.3 Å². The predicted octanol–water partition coefficient (Wildman–Crippen LogP) is 5.10. The largest absolute Gasteiger partial charge is 0.493 e. The topological polar surface area (TPSA) is 48.6 Å². The number of fused-ring (bicyclic) bond motifs is 2. The molecule has 0 radical (unpaired) electrons. The molecule has 4 nitrogen and oxygen atoms in total. The summed E-state index contributed by atoms with van der Waals surface area (Å²) >= 11 is 1.66. The van der Waals surface area contributed by atoms with Gasteiger partial charge in [0.05, 0.1) is 17.2 Å². The van der Waals surface area contributed by atoms with Gasteiger partial charge in [0.1, 0.15) is 16.8 Å². The quantitative estimate of drug-likeness (QED) is 0.692. The summed E-state index contributed by atoms with van der Waals surface area (Å²) < 4.78 is 5.72. The van der Waals surface area contributed by atoms with Crippen LogP contribution < -0.4 is 9.64 Å². The Kier molecular flexibility index (Phi) is 4.69. The van der Waals surface area contributed by atoms with E-state index >= 15 is 0 Å². The summed E-state index contributed by atoms with van der Waals surface area (Å²) in [7, 11) is 0. The van der Waals surface area contributed by atoms with Crippen LogP contribution >= 0.6 is 11.3 Å². The lowest BCUT2D eigenvalue weighted by Crippen LogP contribution is -2.37. The van der Waals surface area contributed by atoms with Crippen molar-refractivity contribution in [2.45, 2.75) is 32.6 Å². The fraction of sp³-hybridized carbons (Fsp3) is 0.429. The SMILES string of the molecule is CC(C)COc1ccc(C=Nc2sc3c(c2C#N)C2CCN3CC2)cc1. The zero-order valence-corrected chi connectivity index (χ0v) is 16.1. The first-order valence-electron chi connectivity index (χ1n) is 9.24. The minimum absolute atomic E-state index is 0.511. The molecule has 5 heteroatoms. The van der Waals surface area contributed by atoms with Crippen LogP contribution in [0.15, 0.2) is 29.3 Å². The third kappa shape index (κ3) is 3.22. The maximum Gasteiger partial charge on any atom is 0.136 e. The molecule has 0 atom stereocenters. The second-order valence-corrected chi connectivity index (χ2v) is 8.38. The Labute approximate surface area is 158 Å². The van der Waals surface area contributed by atoms with Crippen molar-refractivity contribution in [3.63, 3.8) is 0 Å². The molecule has 2 aromatic rings. The molecule has 1 aromatic carbocycles. The number of ether oxygens (including phenoxy) is 1. The van der Waals surface area contributed by atoms with E-state index in [0.717, 1.165) is 41.6 Å². The molecule has 26 heavy (non-hydrogen) atoms. The van der Waals surface area contributed by atoms with Crippen LogP contribution in [0.3, 0.4) is 0 Å². The van der Waals surface area contributed by atoms with Gasteiger partial charge in [-0.15, -0.1) is 0 Å². The molecule has 0 spiro atoms. The Morgan fingerprint density at radius 2 is 2.04 bits per heavy atom. The van der Waals surface area contributed by atoms with Gasteiger partial charge in [-0.3, -0.25) is 0 Å². The summed E-state index contributed by atoms with van der Waals surface area (Å²) in [5.41, 5.74) is 3.05. The van der Waals surface area contributed by atoms with Crippen LogP contribution in [0.1, 0.15) is 49.3 Å². The van der Waals surface area contributed by atoms with Gasteiger partial charge < -0.3 is 9.64 Å². The normalized spacial score (nSPS) is 16.3. The number of rotatable bonds is 5. The first kappa shape index (κ1) is 17.1. The Morgan fingerprint density at radius 1 is 1.31 bits per heavy atom. The van der Waals surface area contributed by atoms with Crippen molar-refractivity contribution < 1.29 is 4.74 Å². The molecule has 5 rings (SSSR count). The molecule has 4 heterocycles. The molecule has 0 unspecified atom stereocenters. The lowest BCUT2D eigenvalue weighted by atomic mass is 9.84. The second-order valence-electron chi connectivity index (χ2n) is 7.41. The molecule has 0 amide bonds. The van der Waals surface area contributed by atoms with E-state index in [0.29, 0.717) is 11.8 Å². The zero-order chi connectivity index (χ0) is 18.1.